The van der Waals surface area contributed by atoms with Crippen molar-refractivity contribution in [3.05, 3.63) is 29.7 Å². The van der Waals surface area contributed by atoms with E-state index in [9.17, 15) is 4.79 Å². The van der Waals surface area contributed by atoms with Gasteiger partial charge in [0.2, 0.25) is 5.76 Å². The van der Waals surface area contributed by atoms with E-state index in [1.807, 2.05) is 0 Å². The van der Waals surface area contributed by atoms with Crippen LogP contribution in [0.15, 0.2) is 16.8 Å². The van der Waals surface area contributed by atoms with Crippen molar-refractivity contribution in [3.63, 3.8) is 0 Å². The molecule has 2 rings (SSSR count). The Hall–Kier alpha value is -2.18. The van der Waals surface area contributed by atoms with E-state index in [4.69, 9.17) is 4.52 Å². The highest BCUT2D eigenvalue weighted by atomic mass is 16.5. The van der Waals surface area contributed by atoms with E-state index in [0.717, 1.165) is 5.82 Å². The summed E-state index contributed by atoms with van der Waals surface area (Å²) in [6.07, 6.45) is 1.43. The van der Waals surface area contributed by atoms with Gasteiger partial charge in [-0.05, 0) is 6.92 Å². The molecule has 7 heteroatoms. The maximum atomic E-state index is 11.7. The van der Waals surface area contributed by atoms with Gasteiger partial charge in [0.1, 0.15) is 5.82 Å². The molecule has 0 saturated heterocycles. The van der Waals surface area contributed by atoms with Crippen molar-refractivity contribution >= 4 is 5.91 Å². The molecule has 0 aliphatic rings. The van der Waals surface area contributed by atoms with E-state index in [1.165, 1.54) is 17.2 Å². The number of carbonyl (C=O) groups is 1. The zero-order valence-corrected chi connectivity index (χ0v) is 8.97. The molecule has 16 heavy (non-hydrogen) atoms. The van der Waals surface area contributed by atoms with E-state index in [2.05, 4.69) is 20.3 Å². The fraction of sp³-hybridized carbons (Fsp3) is 0.333. The van der Waals surface area contributed by atoms with Crippen LogP contribution in [0.25, 0.3) is 0 Å². The minimum absolute atomic E-state index is 0.203. The van der Waals surface area contributed by atoms with E-state index in [0.29, 0.717) is 12.4 Å². The SMILES string of the molecule is Cc1nc(CN(C)C(=O)c2ccno2)n[nH]1. The number of aryl methyl sites for hydroxylation is 1. The molecular formula is C9H11N5O2. The van der Waals surface area contributed by atoms with Crippen molar-refractivity contribution < 1.29 is 9.32 Å². The summed E-state index contributed by atoms with van der Waals surface area (Å²) in [5.41, 5.74) is 0. The van der Waals surface area contributed by atoms with Gasteiger partial charge in [-0.2, -0.15) is 5.10 Å². The largest absolute Gasteiger partial charge is 0.351 e. The summed E-state index contributed by atoms with van der Waals surface area (Å²) in [5.74, 6) is 1.23. The van der Waals surface area contributed by atoms with E-state index in [-0.39, 0.29) is 11.7 Å². The van der Waals surface area contributed by atoms with Crippen molar-refractivity contribution in [2.75, 3.05) is 7.05 Å². The van der Waals surface area contributed by atoms with Crippen LogP contribution in [0.3, 0.4) is 0 Å². The maximum absolute atomic E-state index is 11.7. The van der Waals surface area contributed by atoms with Crippen molar-refractivity contribution in [2.24, 2.45) is 0 Å². The Morgan fingerprint density at radius 3 is 3.00 bits per heavy atom. The van der Waals surface area contributed by atoms with E-state index in [1.54, 1.807) is 14.0 Å². The summed E-state index contributed by atoms with van der Waals surface area (Å²) < 4.78 is 4.77. The Labute approximate surface area is 91.5 Å². The molecule has 0 fully saturated rings. The molecule has 0 saturated carbocycles. The van der Waals surface area contributed by atoms with E-state index >= 15 is 0 Å². The molecule has 0 bridgehead atoms. The fourth-order valence-electron chi connectivity index (χ4n) is 1.26. The summed E-state index contributed by atoms with van der Waals surface area (Å²) >= 11 is 0. The minimum atomic E-state index is -0.250. The Kier molecular flexibility index (Phi) is 2.67. The van der Waals surface area contributed by atoms with Crippen LogP contribution >= 0.6 is 0 Å². The average molecular weight is 221 g/mol. The lowest BCUT2D eigenvalue weighted by atomic mass is 10.4. The Bertz CT molecular complexity index is 476. The van der Waals surface area contributed by atoms with Crippen LogP contribution in [0, 0.1) is 6.92 Å². The fourth-order valence-corrected chi connectivity index (χ4v) is 1.26. The first-order valence-corrected chi connectivity index (χ1v) is 4.71. The van der Waals surface area contributed by atoms with Gasteiger partial charge in [0.05, 0.1) is 12.7 Å². The monoisotopic (exact) mass is 221 g/mol. The highest BCUT2D eigenvalue weighted by Crippen LogP contribution is 2.04. The number of nitrogens with zero attached hydrogens (tertiary/aromatic N) is 4. The second kappa shape index (κ2) is 4.13. The van der Waals surface area contributed by atoms with Gasteiger partial charge in [0.25, 0.3) is 5.91 Å². The van der Waals surface area contributed by atoms with Gasteiger partial charge in [-0.15, -0.1) is 0 Å². The molecule has 0 atom stereocenters. The number of aromatic nitrogens is 4. The third-order valence-corrected chi connectivity index (χ3v) is 2.02. The standard InChI is InChI=1S/C9H11N5O2/c1-6-11-8(13-12-6)5-14(2)9(15)7-3-4-10-16-7/h3-4H,5H2,1-2H3,(H,11,12,13). The molecule has 2 aromatic heterocycles. The van der Waals surface area contributed by atoms with Crippen LogP contribution in [0.5, 0.6) is 0 Å². The van der Waals surface area contributed by atoms with E-state index < -0.39 is 0 Å². The van der Waals surface area contributed by atoms with Crippen LogP contribution in [-0.2, 0) is 6.54 Å². The third-order valence-electron chi connectivity index (χ3n) is 2.02. The Morgan fingerprint density at radius 2 is 2.44 bits per heavy atom. The predicted octanol–water partition coefficient (Wildman–Crippen LogP) is 0.373. The van der Waals surface area contributed by atoms with Crippen LogP contribution in [0.1, 0.15) is 22.2 Å². The number of hydrogen-bond acceptors (Lipinski definition) is 5. The van der Waals surface area contributed by atoms with Crippen LogP contribution < -0.4 is 0 Å². The lowest BCUT2D eigenvalue weighted by Gasteiger charge is -2.12. The average Bonchev–Trinajstić information content (AvgIpc) is 2.88. The third kappa shape index (κ3) is 2.08. The number of hydrogen-bond donors (Lipinski definition) is 1. The Balaban J connectivity index is 2.03. The number of nitrogens with one attached hydrogen (secondary N) is 1. The maximum Gasteiger partial charge on any atom is 0.292 e. The molecule has 1 N–H and O–H groups in total. The molecule has 0 aliphatic heterocycles. The van der Waals surface area contributed by atoms with Crippen molar-refractivity contribution in [1.29, 1.82) is 0 Å². The van der Waals surface area contributed by atoms with Gasteiger partial charge < -0.3 is 9.42 Å². The summed E-state index contributed by atoms with van der Waals surface area (Å²) in [7, 11) is 1.65. The molecule has 0 radical (unpaired) electrons. The molecule has 84 valence electrons. The molecule has 0 spiro atoms. The van der Waals surface area contributed by atoms with Crippen molar-refractivity contribution in [3.8, 4) is 0 Å². The summed E-state index contributed by atoms with van der Waals surface area (Å²) in [5, 5.41) is 10.1. The second-order valence-electron chi connectivity index (χ2n) is 3.37. The molecule has 2 aromatic rings. The van der Waals surface area contributed by atoms with Crippen molar-refractivity contribution in [1.82, 2.24) is 25.2 Å². The highest BCUT2D eigenvalue weighted by Gasteiger charge is 2.16. The van der Waals surface area contributed by atoms with Gasteiger partial charge in [-0.3, -0.25) is 9.89 Å². The predicted molar refractivity (Wildman–Crippen MR) is 53.4 cm³/mol. The molecule has 0 unspecified atom stereocenters. The lowest BCUT2D eigenvalue weighted by Crippen LogP contribution is -2.26. The van der Waals surface area contributed by atoms with Crippen LogP contribution in [0.2, 0.25) is 0 Å². The Morgan fingerprint density at radius 1 is 1.62 bits per heavy atom. The minimum Gasteiger partial charge on any atom is -0.351 e. The van der Waals surface area contributed by atoms with Crippen LogP contribution in [0.4, 0.5) is 0 Å². The molecule has 0 aromatic carbocycles. The number of rotatable bonds is 3. The number of H-pyrrole nitrogens is 1. The van der Waals surface area contributed by atoms with Gasteiger partial charge in [0.15, 0.2) is 5.82 Å². The molecule has 0 aliphatic carbocycles. The van der Waals surface area contributed by atoms with Gasteiger partial charge in [-0.1, -0.05) is 5.16 Å². The summed E-state index contributed by atoms with van der Waals surface area (Å²) in [6, 6.07) is 1.52. The molecule has 2 heterocycles. The van der Waals surface area contributed by atoms with Crippen LogP contribution in [-0.4, -0.2) is 38.2 Å². The molecule has 7 nitrogen and oxygen atoms in total. The first-order chi connectivity index (χ1) is 7.66. The summed E-state index contributed by atoms with van der Waals surface area (Å²) in [4.78, 5) is 17.3. The normalized spacial score (nSPS) is 10.4. The highest BCUT2D eigenvalue weighted by molar-refractivity contribution is 5.90. The number of carbonyl (C=O) groups excluding carboxylic acids is 1. The van der Waals surface area contributed by atoms with Gasteiger partial charge in [0, 0.05) is 13.1 Å². The van der Waals surface area contributed by atoms with Crippen molar-refractivity contribution in [2.45, 2.75) is 13.5 Å². The van der Waals surface area contributed by atoms with Gasteiger partial charge in [-0.25, -0.2) is 4.98 Å². The first kappa shape index (κ1) is 10.3. The molecule has 1 amide bonds. The quantitative estimate of drug-likeness (QED) is 0.809. The lowest BCUT2D eigenvalue weighted by molar-refractivity contribution is 0.0740. The number of amides is 1. The van der Waals surface area contributed by atoms with Gasteiger partial charge >= 0.3 is 0 Å². The smallest absolute Gasteiger partial charge is 0.292 e. The summed E-state index contributed by atoms with van der Waals surface area (Å²) in [6.45, 7) is 2.12. The zero-order valence-electron chi connectivity index (χ0n) is 8.97. The first-order valence-electron chi connectivity index (χ1n) is 4.71. The molecular weight excluding hydrogens is 210 g/mol. The topological polar surface area (TPSA) is 87.9 Å². The zero-order chi connectivity index (χ0) is 11.5. The second-order valence-corrected chi connectivity index (χ2v) is 3.37. The number of aromatic amines is 1.